The summed E-state index contributed by atoms with van der Waals surface area (Å²) in [7, 11) is 3.59. The molecule has 2 aromatic carbocycles. The summed E-state index contributed by atoms with van der Waals surface area (Å²) in [6.45, 7) is 4.36. The summed E-state index contributed by atoms with van der Waals surface area (Å²) in [6, 6.07) is 16.8. The van der Waals surface area contributed by atoms with E-state index in [4.69, 9.17) is 4.74 Å². The van der Waals surface area contributed by atoms with Gasteiger partial charge in [-0.3, -0.25) is 4.79 Å². The number of carbonyl (C=O) groups is 1. The number of hydrogen-bond acceptors (Lipinski definition) is 4. The molecular weight excluding hydrogens is 300 g/mol. The van der Waals surface area contributed by atoms with Gasteiger partial charge >= 0.3 is 5.97 Å². The highest BCUT2D eigenvalue weighted by Crippen LogP contribution is 2.25. The first-order valence-corrected chi connectivity index (χ1v) is 8.35. The summed E-state index contributed by atoms with van der Waals surface area (Å²) in [4.78, 5) is 16.2. The smallest absolute Gasteiger partial charge is 0.309 e. The van der Waals surface area contributed by atoms with Gasteiger partial charge in [0.05, 0.1) is 13.5 Å². The summed E-state index contributed by atoms with van der Waals surface area (Å²) in [5.74, 6) is -0.211. The highest BCUT2D eigenvalue weighted by Gasteiger charge is 2.14. The third-order valence-electron chi connectivity index (χ3n) is 4.57. The molecular formula is C20H24N2O2. The first-order chi connectivity index (χ1) is 11.7. The molecule has 0 radical (unpaired) electrons. The Morgan fingerprint density at radius 2 is 1.71 bits per heavy atom. The van der Waals surface area contributed by atoms with E-state index in [1.54, 1.807) is 0 Å². The first-order valence-electron chi connectivity index (χ1n) is 8.35. The average molecular weight is 324 g/mol. The lowest BCUT2D eigenvalue weighted by molar-refractivity contribution is -0.139. The molecule has 4 heteroatoms. The molecule has 0 aliphatic carbocycles. The van der Waals surface area contributed by atoms with Gasteiger partial charge in [0.15, 0.2) is 0 Å². The van der Waals surface area contributed by atoms with Gasteiger partial charge in [0.25, 0.3) is 0 Å². The van der Waals surface area contributed by atoms with Crippen LogP contribution in [0.5, 0.6) is 0 Å². The minimum absolute atomic E-state index is 0.211. The van der Waals surface area contributed by atoms with Gasteiger partial charge < -0.3 is 14.5 Å². The van der Waals surface area contributed by atoms with Crippen LogP contribution >= 0.6 is 0 Å². The van der Waals surface area contributed by atoms with E-state index < -0.39 is 0 Å². The van der Waals surface area contributed by atoms with E-state index >= 15 is 0 Å². The number of likely N-dealkylation sites (N-methyl/N-ethyl adjacent to an activating group) is 1. The molecule has 1 aliphatic rings. The van der Waals surface area contributed by atoms with Gasteiger partial charge in [0, 0.05) is 31.9 Å². The summed E-state index contributed by atoms with van der Waals surface area (Å²) < 4.78 is 4.74. The van der Waals surface area contributed by atoms with E-state index in [-0.39, 0.29) is 5.97 Å². The molecule has 2 aromatic rings. The minimum atomic E-state index is -0.211. The maximum atomic E-state index is 11.4. The van der Waals surface area contributed by atoms with Crippen LogP contribution in [0.15, 0.2) is 48.5 Å². The van der Waals surface area contributed by atoms with Crippen LogP contribution in [0.4, 0.5) is 5.69 Å². The number of ether oxygens (including phenoxy) is 1. The molecule has 0 saturated carbocycles. The van der Waals surface area contributed by atoms with Crippen molar-refractivity contribution < 1.29 is 9.53 Å². The highest BCUT2D eigenvalue weighted by molar-refractivity contribution is 5.74. The van der Waals surface area contributed by atoms with Gasteiger partial charge in [-0.2, -0.15) is 0 Å². The van der Waals surface area contributed by atoms with Crippen molar-refractivity contribution in [3.63, 3.8) is 0 Å². The molecule has 3 rings (SSSR count). The molecule has 0 bridgehead atoms. The van der Waals surface area contributed by atoms with E-state index in [1.165, 1.54) is 18.4 Å². The second kappa shape index (κ2) is 7.49. The van der Waals surface area contributed by atoms with Crippen molar-refractivity contribution in [3.8, 4) is 11.1 Å². The van der Waals surface area contributed by atoms with Crippen LogP contribution < -0.4 is 4.90 Å². The van der Waals surface area contributed by atoms with Crippen LogP contribution in [0.3, 0.4) is 0 Å². The molecule has 1 saturated heterocycles. The van der Waals surface area contributed by atoms with Crippen LogP contribution in [0.1, 0.15) is 5.56 Å². The topological polar surface area (TPSA) is 32.8 Å². The second-order valence-corrected chi connectivity index (χ2v) is 6.29. The molecule has 0 N–H and O–H groups in total. The monoisotopic (exact) mass is 324 g/mol. The molecule has 1 aliphatic heterocycles. The Hall–Kier alpha value is -2.33. The van der Waals surface area contributed by atoms with E-state index in [0.717, 1.165) is 37.3 Å². The minimum Gasteiger partial charge on any atom is -0.469 e. The van der Waals surface area contributed by atoms with Crippen molar-refractivity contribution in [2.75, 3.05) is 45.2 Å². The number of piperazine rings is 1. The molecule has 0 unspecified atom stereocenters. The molecule has 1 heterocycles. The Bertz CT molecular complexity index is 689. The number of benzene rings is 2. The fourth-order valence-corrected chi connectivity index (χ4v) is 3.03. The van der Waals surface area contributed by atoms with Crippen LogP contribution in [0, 0.1) is 0 Å². The van der Waals surface area contributed by atoms with Crippen LogP contribution in [-0.4, -0.2) is 51.2 Å². The van der Waals surface area contributed by atoms with Crippen molar-refractivity contribution in [2.24, 2.45) is 0 Å². The molecule has 0 atom stereocenters. The van der Waals surface area contributed by atoms with Crippen molar-refractivity contribution in [2.45, 2.75) is 6.42 Å². The van der Waals surface area contributed by atoms with E-state index in [9.17, 15) is 4.79 Å². The number of rotatable bonds is 4. The van der Waals surface area contributed by atoms with Gasteiger partial charge in [-0.1, -0.05) is 36.4 Å². The van der Waals surface area contributed by atoms with Crippen molar-refractivity contribution >= 4 is 11.7 Å². The first kappa shape index (κ1) is 16.5. The fourth-order valence-electron chi connectivity index (χ4n) is 3.03. The fraction of sp³-hybridized carbons (Fsp3) is 0.350. The van der Waals surface area contributed by atoms with Crippen LogP contribution in [0.2, 0.25) is 0 Å². The molecule has 0 aromatic heterocycles. The summed E-state index contributed by atoms with van der Waals surface area (Å²) in [6.07, 6.45) is 0.309. The molecule has 0 amide bonds. The summed E-state index contributed by atoms with van der Waals surface area (Å²) in [5, 5.41) is 0. The Labute approximate surface area is 143 Å². The number of carbonyl (C=O) groups excluding carboxylic acids is 1. The van der Waals surface area contributed by atoms with E-state index in [2.05, 4.69) is 53.2 Å². The van der Waals surface area contributed by atoms with Gasteiger partial charge in [-0.15, -0.1) is 0 Å². The van der Waals surface area contributed by atoms with Crippen LogP contribution in [0.25, 0.3) is 11.1 Å². The van der Waals surface area contributed by atoms with Gasteiger partial charge in [-0.05, 0) is 35.9 Å². The highest BCUT2D eigenvalue weighted by atomic mass is 16.5. The zero-order valence-electron chi connectivity index (χ0n) is 14.4. The van der Waals surface area contributed by atoms with Gasteiger partial charge in [0.2, 0.25) is 0 Å². The lowest BCUT2D eigenvalue weighted by atomic mass is 10.0. The largest absolute Gasteiger partial charge is 0.469 e. The van der Waals surface area contributed by atoms with Crippen molar-refractivity contribution in [1.82, 2.24) is 4.90 Å². The summed E-state index contributed by atoms with van der Waals surface area (Å²) >= 11 is 0. The van der Waals surface area contributed by atoms with Gasteiger partial charge in [-0.25, -0.2) is 0 Å². The maximum Gasteiger partial charge on any atom is 0.309 e. The summed E-state index contributed by atoms with van der Waals surface area (Å²) in [5.41, 5.74) is 4.54. The number of hydrogen-bond donors (Lipinski definition) is 0. The number of anilines is 1. The molecule has 1 fully saturated rings. The molecule has 24 heavy (non-hydrogen) atoms. The Balaban J connectivity index is 1.73. The Kier molecular flexibility index (Phi) is 5.16. The normalized spacial score (nSPS) is 15.3. The van der Waals surface area contributed by atoms with Crippen molar-refractivity contribution in [3.05, 3.63) is 54.1 Å². The Morgan fingerprint density at radius 3 is 2.38 bits per heavy atom. The zero-order chi connectivity index (χ0) is 16.9. The quantitative estimate of drug-likeness (QED) is 0.810. The second-order valence-electron chi connectivity index (χ2n) is 6.29. The SMILES string of the molecule is COC(=O)Cc1cccc(-c2ccc(N3CCN(C)CC3)cc2)c1. The van der Waals surface area contributed by atoms with Gasteiger partial charge in [0.1, 0.15) is 0 Å². The predicted octanol–water partition coefficient (Wildman–Crippen LogP) is 2.82. The van der Waals surface area contributed by atoms with E-state index in [0.29, 0.717) is 6.42 Å². The lowest BCUT2D eigenvalue weighted by Crippen LogP contribution is -2.44. The molecule has 0 spiro atoms. The number of esters is 1. The van der Waals surface area contributed by atoms with E-state index in [1.807, 2.05) is 12.1 Å². The van der Waals surface area contributed by atoms with Crippen molar-refractivity contribution in [1.29, 1.82) is 0 Å². The number of nitrogens with zero attached hydrogens (tertiary/aromatic N) is 2. The maximum absolute atomic E-state index is 11.4. The zero-order valence-corrected chi connectivity index (χ0v) is 14.4. The predicted molar refractivity (Wildman–Crippen MR) is 97.3 cm³/mol. The molecule has 126 valence electrons. The Morgan fingerprint density at radius 1 is 1.00 bits per heavy atom. The molecule has 4 nitrogen and oxygen atoms in total. The lowest BCUT2D eigenvalue weighted by Gasteiger charge is -2.34. The number of methoxy groups -OCH3 is 1. The average Bonchev–Trinajstić information content (AvgIpc) is 2.63. The standard InChI is InChI=1S/C20H24N2O2/c1-21-10-12-22(13-11-21)19-8-6-17(7-9-19)18-5-3-4-16(14-18)15-20(23)24-2/h3-9,14H,10-13,15H2,1-2H3. The van der Waals surface area contributed by atoms with Crippen LogP contribution in [-0.2, 0) is 16.0 Å². The third-order valence-corrected chi connectivity index (χ3v) is 4.57. The third kappa shape index (κ3) is 3.95.